The highest BCUT2D eigenvalue weighted by molar-refractivity contribution is 9.10. The Morgan fingerprint density at radius 3 is 2.52 bits per heavy atom. The minimum absolute atomic E-state index is 0.200. The van der Waals surface area contributed by atoms with Crippen LogP contribution >= 0.6 is 15.9 Å². The van der Waals surface area contributed by atoms with Gasteiger partial charge in [-0.05, 0) is 56.5 Å². The second-order valence-electron chi connectivity index (χ2n) is 6.55. The number of carbonyl (C=O) groups excluding carboxylic acids is 1. The normalized spacial score (nSPS) is 12.0. The summed E-state index contributed by atoms with van der Waals surface area (Å²) in [7, 11) is 0. The van der Waals surface area contributed by atoms with Crippen LogP contribution in [0.1, 0.15) is 32.6 Å². The average molecular weight is 437 g/mol. The Bertz CT molecular complexity index is 839. The third-order valence-electron chi connectivity index (χ3n) is 4.37. The summed E-state index contributed by atoms with van der Waals surface area (Å²) in [5, 5.41) is 21.5. The number of aliphatic hydroxyl groups is 2. The number of carbonyl (C=O) groups is 1. The van der Waals surface area contributed by atoms with Crippen LogP contribution in [-0.4, -0.2) is 35.4 Å². The van der Waals surface area contributed by atoms with Crippen LogP contribution in [0.5, 0.6) is 0 Å². The number of anilines is 2. The second kappa shape index (κ2) is 9.32. The Morgan fingerprint density at radius 1 is 1.19 bits per heavy atom. The zero-order valence-electron chi connectivity index (χ0n) is 15.9. The standard InChI is InChI=1S/C20H25BrN2O4/c1-11-5-6-18(12(2)7-11)22-19-14(4)13(3)17(21)8-16(19)20(26)23-27-10-15(25)9-24/h5-8,15,22,24-25H,9-10H2,1-4H3,(H,23,26). The van der Waals surface area contributed by atoms with Crippen molar-refractivity contribution in [1.82, 2.24) is 5.48 Å². The molecule has 27 heavy (non-hydrogen) atoms. The molecule has 0 aliphatic rings. The van der Waals surface area contributed by atoms with Gasteiger partial charge >= 0.3 is 0 Å². The first-order valence-corrected chi connectivity index (χ1v) is 9.39. The van der Waals surface area contributed by atoms with Crippen LogP contribution in [0.2, 0.25) is 0 Å². The molecule has 6 nitrogen and oxygen atoms in total. The quantitative estimate of drug-likeness (QED) is 0.499. The number of aliphatic hydroxyl groups excluding tert-OH is 2. The molecule has 0 bridgehead atoms. The van der Waals surface area contributed by atoms with Gasteiger partial charge in [-0.25, -0.2) is 5.48 Å². The van der Waals surface area contributed by atoms with E-state index in [0.29, 0.717) is 11.3 Å². The van der Waals surface area contributed by atoms with E-state index >= 15 is 0 Å². The van der Waals surface area contributed by atoms with Gasteiger partial charge in [-0.2, -0.15) is 0 Å². The third-order valence-corrected chi connectivity index (χ3v) is 5.20. The molecular formula is C20H25BrN2O4. The van der Waals surface area contributed by atoms with Crippen LogP contribution in [0.4, 0.5) is 11.4 Å². The van der Waals surface area contributed by atoms with Crippen molar-refractivity contribution in [2.45, 2.75) is 33.8 Å². The second-order valence-corrected chi connectivity index (χ2v) is 7.41. The molecule has 0 saturated carbocycles. The topological polar surface area (TPSA) is 90.8 Å². The molecule has 0 spiro atoms. The van der Waals surface area contributed by atoms with Gasteiger partial charge in [0.25, 0.3) is 5.91 Å². The van der Waals surface area contributed by atoms with Crippen molar-refractivity contribution >= 4 is 33.2 Å². The van der Waals surface area contributed by atoms with Gasteiger partial charge < -0.3 is 15.5 Å². The first-order chi connectivity index (χ1) is 12.7. The zero-order chi connectivity index (χ0) is 20.1. The largest absolute Gasteiger partial charge is 0.394 e. The summed E-state index contributed by atoms with van der Waals surface area (Å²) >= 11 is 3.49. The van der Waals surface area contributed by atoms with E-state index < -0.39 is 18.6 Å². The maximum absolute atomic E-state index is 12.6. The van der Waals surface area contributed by atoms with Gasteiger partial charge in [0.2, 0.25) is 0 Å². The van der Waals surface area contributed by atoms with E-state index in [2.05, 4.69) is 32.8 Å². The number of benzene rings is 2. The van der Waals surface area contributed by atoms with Crippen molar-refractivity contribution in [2.24, 2.45) is 0 Å². The molecular weight excluding hydrogens is 412 g/mol. The number of hydroxylamine groups is 1. The molecule has 0 aliphatic carbocycles. The Labute approximate surface area is 167 Å². The van der Waals surface area contributed by atoms with Gasteiger partial charge in [-0.1, -0.05) is 33.6 Å². The van der Waals surface area contributed by atoms with Gasteiger partial charge in [0.15, 0.2) is 0 Å². The molecule has 0 aliphatic heterocycles. The lowest BCUT2D eigenvalue weighted by atomic mass is 10.0. The predicted octanol–water partition coefficient (Wildman–Crippen LogP) is 3.44. The van der Waals surface area contributed by atoms with E-state index in [1.807, 2.05) is 39.8 Å². The smallest absolute Gasteiger partial charge is 0.276 e. The Kier molecular flexibility index (Phi) is 7.38. The van der Waals surface area contributed by atoms with E-state index in [0.717, 1.165) is 32.4 Å². The number of hydrogen-bond acceptors (Lipinski definition) is 5. The third kappa shape index (κ3) is 5.29. The van der Waals surface area contributed by atoms with Crippen LogP contribution in [0.3, 0.4) is 0 Å². The van der Waals surface area contributed by atoms with Crippen molar-refractivity contribution in [2.75, 3.05) is 18.5 Å². The molecule has 1 unspecified atom stereocenters. The number of rotatable bonds is 7. The molecule has 2 aromatic carbocycles. The molecule has 0 radical (unpaired) electrons. The summed E-state index contributed by atoms with van der Waals surface area (Å²) < 4.78 is 0.812. The minimum atomic E-state index is -1.05. The number of amides is 1. The summed E-state index contributed by atoms with van der Waals surface area (Å²) in [5.41, 5.74) is 8.52. The lowest BCUT2D eigenvalue weighted by molar-refractivity contribution is -0.0295. The molecule has 4 N–H and O–H groups in total. The first-order valence-electron chi connectivity index (χ1n) is 8.59. The maximum Gasteiger partial charge on any atom is 0.276 e. The molecule has 2 rings (SSSR count). The lowest BCUT2D eigenvalue weighted by Crippen LogP contribution is -2.30. The molecule has 1 amide bonds. The molecule has 1 atom stereocenters. The maximum atomic E-state index is 12.6. The van der Waals surface area contributed by atoms with E-state index in [4.69, 9.17) is 9.94 Å². The minimum Gasteiger partial charge on any atom is -0.394 e. The van der Waals surface area contributed by atoms with Gasteiger partial charge in [-0.15, -0.1) is 0 Å². The molecule has 7 heteroatoms. The summed E-state index contributed by atoms with van der Waals surface area (Å²) in [6, 6.07) is 7.80. The van der Waals surface area contributed by atoms with E-state index in [1.54, 1.807) is 6.07 Å². The van der Waals surface area contributed by atoms with Crippen LogP contribution in [0.25, 0.3) is 0 Å². The highest BCUT2D eigenvalue weighted by atomic mass is 79.9. The van der Waals surface area contributed by atoms with Crippen molar-refractivity contribution < 1.29 is 19.8 Å². The molecule has 0 saturated heterocycles. The average Bonchev–Trinajstić information content (AvgIpc) is 2.63. The summed E-state index contributed by atoms with van der Waals surface area (Å²) in [5.74, 6) is -0.448. The van der Waals surface area contributed by atoms with E-state index in [9.17, 15) is 9.90 Å². The Morgan fingerprint density at radius 2 is 1.89 bits per heavy atom. The van der Waals surface area contributed by atoms with Crippen LogP contribution < -0.4 is 10.8 Å². The van der Waals surface area contributed by atoms with Gasteiger partial charge in [0.1, 0.15) is 12.7 Å². The van der Waals surface area contributed by atoms with Crippen molar-refractivity contribution in [3.05, 3.63) is 56.6 Å². The first kappa shape index (κ1) is 21.4. The van der Waals surface area contributed by atoms with Crippen molar-refractivity contribution in [3.63, 3.8) is 0 Å². The Hall–Kier alpha value is -1.93. The summed E-state index contributed by atoms with van der Waals surface area (Å²) in [6.45, 7) is 7.32. The fourth-order valence-electron chi connectivity index (χ4n) is 2.62. The Balaban J connectivity index is 2.34. The van der Waals surface area contributed by atoms with Crippen molar-refractivity contribution in [1.29, 1.82) is 0 Å². The molecule has 2 aromatic rings. The number of nitrogens with one attached hydrogen (secondary N) is 2. The van der Waals surface area contributed by atoms with E-state index in [-0.39, 0.29) is 6.61 Å². The zero-order valence-corrected chi connectivity index (χ0v) is 17.5. The fourth-order valence-corrected chi connectivity index (χ4v) is 3.14. The van der Waals surface area contributed by atoms with Crippen LogP contribution in [0.15, 0.2) is 28.7 Å². The van der Waals surface area contributed by atoms with Crippen LogP contribution in [0, 0.1) is 27.7 Å². The van der Waals surface area contributed by atoms with E-state index in [1.165, 1.54) is 0 Å². The SMILES string of the molecule is Cc1ccc(Nc2c(C(=O)NOCC(O)CO)cc(Br)c(C)c2C)c(C)c1. The summed E-state index contributed by atoms with van der Waals surface area (Å²) in [6.07, 6.45) is -1.05. The summed E-state index contributed by atoms with van der Waals surface area (Å²) in [4.78, 5) is 17.6. The number of aryl methyl sites for hydroxylation is 2. The monoisotopic (exact) mass is 436 g/mol. The molecule has 0 heterocycles. The van der Waals surface area contributed by atoms with Crippen LogP contribution in [-0.2, 0) is 4.84 Å². The molecule has 0 fully saturated rings. The molecule has 0 aromatic heterocycles. The molecule has 146 valence electrons. The van der Waals surface area contributed by atoms with Gasteiger partial charge in [0.05, 0.1) is 17.9 Å². The van der Waals surface area contributed by atoms with Gasteiger partial charge in [-0.3, -0.25) is 9.63 Å². The highest BCUT2D eigenvalue weighted by Crippen LogP contribution is 2.33. The fraction of sp³-hybridized carbons (Fsp3) is 0.350. The number of halogens is 1. The van der Waals surface area contributed by atoms with Gasteiger partial charge in [0, 0.05) is 10.2 Å². The van der Waals surface area contributed by atoms with Crippen molar-refractivity contribution in [3.8, 4) is 0 Å². The lowest BCUT2D eigenvalue weighted by Gasteiger charge is -2.19. The number of hydrogen-bond donors (Lipinski definition) is 4. The highest BCUT2D eigenvalue weighted by Gasteiger charge is 2.19. The predicted molar refractivity (Wildman–Crippen MR) is 109 cm³/mol.